The predicted molar refractivity (Wildman–Crippen MR) is 70.4 cm³/mol. The summed E-state index contributed by atoms with van der Waals surface area (Å²) in [4.78, 5) is 14.3. The van der Waals surface area contributed by atoms with Crippen molar-refractivity contribution in [3.8, 4) is 0 Å². The second-order valence-corrected chi connectivity index (χ2v) is 4.59. The van der Waals surface area contributed by atoms with Crippen LogP contribution in [0.2, 0.25) is 0 Å². The first-order valence-electron chi connectivity index (χ1n) is 6.31. The zero-order valence-corrected chi connectivity index (χ0v) is 11.7. The van der Waals surface area contributed by atoms with Gasteiger partial charge in [-0.2, -0.15) is 10.1 Å². The predicted octanol–water partition coefficient (Wildman–Crippen LogP) is -0.0582. The van der Waals surface area contributed by atoms with Crippen molar-refractivity contribution < 1.29 is 14.6 Å². The molecule has 0 aliphatic carbocycles. The summed E-state index contributed by atoms with van der Waals surface area (Å²) in [5.74, 6) is 0.490. The molecule has 0 saturated carbocycles. The van der Waals surface area contributed by atoms with Crippen LogP contribution in [0, 0.1) is 24.0 Å². The standard InChI is InChI=1S/C11H16N6O4/c1-7-11(17(19)20)8(2)16(14-7)5-9(18)3-12-4-10-13-6-21-15-10/h6,9,12,18H,3-5H2,1-2H3. The summed E-state index contributed by atoms with van der Waals surface area (Å²) in [6.07, 6.45) is 0.483. The third-order valence-corrected chi connectivity index (χ3v) is 2.98. The molecule has 21 heavy (non-hydrogen) atoms. The molecular formula is C11H16N6O4. The van der Waals surface area contributed by atoms with Gasteiger partial charge in [-0.1, -0.05) is 5.16 Å². The maximum absolute atomic E-state index is 10.9. The minimum Gasteiger partial charge on any atom is -0.390 e. The molecule has 0 amide bonds. The van der Waals surface area contributed by atoms with Crippen LogP contribution >= 0.6 is 0 Å². The van der Waals surface area contributed by atoms with Gasteiger partial charge in [0.1, 0.15) is 11.4 Å². The summed E-state index contributed by atoms with van der Waals surface area (Å²) >= 11 is 0. The molecule has 2 heterocycles. The van der Waals surface area contributed by atoms with E-state index >= 15 is 0 Å². The van der Waals surface area contributed by atoms with Gasteiger partial charge in [0.25, 0.3) is 0 Å². The third kappa shape index (κ3) is 3.61. The fourth-order valence-electron chi connectivity index (χ4n) is 2.01. The first kappa shape index (κ1) is 15.1. The smallest absolute Gasteiger partial charge is 0.312 e. The van der Waals surface area contributed by atoms with Crippen molar-refractivity contribution in [3.05, 3.63) is 33.7 Å². The summed E-state index contributed by atoms with van der Waals surface area (Å²) in [6.45, 7) is 3.99. The summed E-state index contributed by atoms with van der Waals surface area (Å²) in [6, 6.07) is 0. The van der Waals surface area contributed by atoms with E-state index in [4.69, 9.17) is 0 Å². The molecule has 1 atom stereocenters. The number of hydrogen-bond donors (Lipinski definition) is 2. The second kappa shape index (κ2) is 6.41. The molecule has 2 rings (SSSR count). The first-order valence-corrected chi connectivity index (χ1v) is 6.31. The molecule has 2 N–H and O–H groups in total. The van der Waals surface area contributed by atoms with Gasteiger partial charge in [0.15, 0.2) is 5.82 Å². The molecule has 0 bridgehead atoms. The van der Waals surface area contributed by atoms with Crippen molar-refractivity contribution >= 4 is 5.69 Å². The van der Waals surface area contributed by atoms with Gasteiger partial charge >= 0.3 is 5.69 Å². The Morgan fingerprint density at radius 2 is 2.33 bits per heavy atom. The van der Waals surface area contributed by atoms with Crippen molar-refractivity contribution in [2.45, 2.75) is 33.0 Å². The fourth-order valence-corrected chi connectivity index (χ4v) is 2.01. The Morgan fingerprint density at radius 1 is 1.57 bits per heavy atom. The highest BCUT2D eigenvalue weighted by molar-refractivity contribution is 5.39. The second-order valence-electron chi connectivity index (χ2n) is 4.59. The Hall–Kier alpha value is -2.33. The highest BCUT2D eigenvalue weighted by Gasteiger charge is 2.22. The maximum atomic E-state index is 10.9. The van der Waals surface area contributed by atoms with Crippen LogP contribution in [0.3, 0.4) is 0 Å². The van der Waals surface area contributed by atoms with Crippen LogP contribution in [0.15, 0.2) is 10.9 Å². The van der Waals surface area contributed by atoms with Crippen LogP contribution < -0.4 is 5.32 Å². The van der Waals surface area contributed by atoms with Crippen LogP contribution in [-0.2, 0) is 13.1 Å². The van der Waals surface area contributed by atoms with Gasteiger partial charge in [-0.3, -0.25) is 14.8 Å². The molecule has 0 saturated heterocycles. The zero-order valence-electron chi connectivity index (χ0n) is 11.7. The Bertz CT molecular complexity index is 609. The van der Waals surface area contributed by atoms with Gasteiger partial charge in [-0.25, -0.2) is 0 Å². The molecule has 0 aliphatic rings. The van der Waals surface area contributed by atoms with Crippen LogP contribution in [0.25, 0.3) is 0 Å². The quantitative estimate of drug-likeness (QED) is 0.536. The molecular weight excluding hydrogens is 280 g/mol. The lowest BCUT2D eigenvalue weighted by Crippen LogP contribution is -2.30. The number of nitrogens with one attached hydrogen (secondary N) is 1. The molecule has 2 aromatic rings. The van der Waals surface area contributed by atoms with E-state index in [1.165, 1.54) is 11.1 Å². The van der Waals surface area contributed by atoms with Gasteiger partial charge < -0.3 is 14.9 Å². The van der Waals surface area contributed by atoms with Gasteiger partial charge in [0, 0.05) is 6.54 Å². The normalized spacial score (nSPS) is 12.5. The Balaban J connectivity index is 1.89. The molecule has 0 aromatic carbocycles. The molecule has 2 aromatic heterocycles. The zero-order chi connectivity index (χ0) is 15.4. The van der Waals surface area contributed by atoms with Gasteiger partial charge in [0.2, 0.25) is 6.39 Å². The highest BCUT2D eigenvalue weighted by Crippen LogP contribution is 2.21. The third-order valence-electron chi connectivity index (χ3n) is 2.98. The van der Waals surface area contributed by atoms with Crippen LogP contribution in [0.1, 0.15) is 17.2 Å². The van der Waals surface area contributed by atoms with Crippen molar-refractivity contribution in [1.29, 1.82) is 0 Å². The number of hydrogen-bond acceptors (Lipinski definition) is 8. The number of rotatable bonds is 7. The Morgan fingerprint density at radius 3 is 2.90 bits per heavy atom. The molecule has 114 valence electrons. The largest absolute Gasteiger partial charge is 0.390 e. The number of aromatic nitrogens is 4. The average Bonchev–Trinajstić information content (AvgIpc) is 2.99. The summed E-state index contributed by atoms with van der Waals surface area (Å²) in [5.41, 5.74) is 0.751. The van der Waals surface area contributed by atoms with E-state index in [2.05, 4.69) is 25.1 Å². The topological polar surface area (TPSA) is 132 Å². The maximum Gasteiger partial charge on any atom is 0.312 e. The van der Waals surface area contributed by atoms with Crippen molar-refractivity contribution in [3.63, 3.8) is 0 Å². The van der Waals surface area contributed by atoms with E-state index in [0.29, 0.717) is 23.8 Å². The molecule has 10 nitrogen and oxygen atoms in total. The van der Waals surface area contributed by atoms with E-state index in [9.17, 15) is 15.2 Å². The minimum atomic E-state index is -0.741. The van der Waals surface area contributed by atoms with Crippen LogP contribution in [0.4, 0.5) is 5.69 Å². The number of aliphatic hydroxyl groups excluding tert-OH is 1. The van der Waals surface area contributed by atoms with E-state index in [0.717, 1.165) is 0 Å². The molecule has 0 fully saturated rings. The molecule has 10 heteroatoms. The van der Waals surface area contributed by atoms with Crippen molar-refractivity contribution in [1.82, 2.24) is 25.2 Å². The lowest BCUT2D eigenvalue weighted by molar-refractivity contribution is -0.386. The SMILES string of the molecule is Cc1nn(CC(O)CNCc2ncon2)c(C)c1[N+](=O)[O-]. The van der Waals surface area contributed by atoms with Crippen LogP contribution in [0.5, 0.6) is 0 Å². The van der Waals surface area contributed by atoms with Gasteiger partial charge in [-0.15, -0.1) is 0 Å². The van der Waals surface area contributed by atoms with Gasteiger partial charge in [0.05, 0.1) is 24.1 Å². The Labute approximate surface area is 119 Å². The fraction of sp³-hybridized carbons (Fsp3) is 0.545. The Kier molecular flexibility index (Phi) is 4.60. The van der Waals surface area contributed by atoms with E-state index in [-0.39, 0.29) is 18.8 Å². The minimum absolute atomic E-state index is 0.0121. The first-order chi connectivity index (χ1) is 9.99. The van der Waals surface area contributed by atoms with E-state index in [1.807, 2.05) is 0 Å². The summed E-state index contributed by atoms with van der Waals surface area (Å²) in [7, 11) is 0. The lowest BCUT2D eigenvalue weighted by Gasteiger charge is -2.11. The van der Waals surface area contributed by atoms with Gasteiger partial charge in [-0.05, 0) is 13.8 Å². The van der Waals surface area contributed by atoms with E-state index in [1.54, 1.807) is 13.8 Å². The molecule has 1 unspecified atom stereocenters. The van der Waals surface area contributed by atoms with Crippen molar-refractivity contribution in [2.24, 2.45) is 0 Å². The lowest BCUT2D eigenvalue weighted by atomic mass is 10.3. The number of nitro groups is 1. The monoisotopic (exact) mass is 296 g/mol. The number of aliphatic hydroxyl groups is 1. The molecule has 0 radical (unpaired) electrons. The molecule has 0 spiro atoms. The highest BCUT2D eigenvalue weighted by atomic mass is 16.6. The van der Waals surface area contributed by atoms with Crippen molar-refractivity contribution in [2.75, 3.05) is 6.54 Å². The molecule has 0 aliphatic heterocycles. The number of aryl methyl sites for hydroxylation is 1. The average molecular weight is 296 g/mol. The number of nitrogens with zero attached hydrogens (tertiary/aromatic N) is 5. The summed E-state index contributed by atoms with van der Waals surface area (Å²) < 4.78 is 6.02. The summed E-state index contributed by atoms with van der Waals surface area (Å²) in [5, 5.41) is 31.5. The van der Waals surface area contributed by atoms with Crippen LogP contribution in [-0.4, -0.2) is 42.6 Å². The van der Waals surface area contributed by atoms with E-state index < -0.39 is 11.0 Å².